The maximum atomic E-state index is 13.9. The lowest BCUT2D eigenvalue weighted by Gasteiger charge is -2.00. The van der Waals surface area contributed by atoms with Crippen molar-refractivity contribution >= 4 is 39.1 Å². The number of carboxylic acids is 1. The molecule has 3 aromatic rings. The number of halogens is 3. The second kappa shape index (κ2) is 5.05. The van der Waals surface area contributed by atoms with Gasteiger partial charge in [0.25, 0.3) is 0 Å². The van der Waals surface area contributed by atoms with Crippen LogP contribution in [0.2, 0.25) is 5.02 Å². The summed E-state index contributed by atoms with van der Waals surface area (Å²) in [4.78, 5) is 15.1. The number of nitrogens with zero attached hydrogens (tertiary/aromatic N) is 1. The second-order valence-corrected chi connectivity index (χ2v) is 5.69. The maximum absolute atomic E-state index is 13.9. The Labute approximate surface area is 126 Å². The van der Waals surface area contributed by atoms with Crippen LogP contribution >= 0.6 is 22.9 Å². The van der Waals surface area contributed by atoms with E-state index in [1.807, 2.05) is 0 Å². The third kappa shape index (κ3) is 2.48. The smallest absolute Gasteiger partial charge is 0.335 e. The molecule has 0 bridgehead atoms. The van der Waals surface area contributed by atoms with Crippen molar-refractivity contribution < 1.29 is 18.7 Å². The van der Waals surface area contributed by atoms with Gasteiger partial charge in [-0.3, -0.25) is 0 Å². The van der Waals surface area contributed by atoms with Gasteiger partial charge < -0.3 is 5.11 Å². The number of aromatic carboxylic acids is 1. The normalized spacial score (nSPS) is 11.0. The highest BCUT2D eigenvalue weighted by Gasteiger charge is 2.15. The zero-order valence-corrected chi connectivity index (χ0v) is 11.8. The molecule has 0 unspecified atom stereocenters. The summed E-state index contributed by atoms with van der Waals surface area (Å²) in [6.45, 7) is 0. The molecule has 0 aliphatic heterocycles. The minimum absolute atomic E-state index is 0.00465. The van der Waals surface area contributed by atoms with E-state index >= 15 is 0 Å². The molecule has 0 amide bonds. The van der Waals surface area contributed by atoms with E-state index in [1.165, 1.54) is 18.2 Å². The number of carboxylic acid groups (broad SMARTS) is 1. The molecule has 0 aliphatic carbocycles. The first-order chi connectivity index (χ1) is 9.95. The lowest BCUT2D eigenvalue weighted by Crippen LogP contribution is -1.94. The number of hydrogen-bond donors (Lipinski definition) is 1. The van der Waals surface area contributed by atoms with E-state index in [1.54, 1.807) is 0 Å². The van der Waals surface area contributed by atoms with Gasteiger partial charge in [-0.25, -0.2) is 18.6 Å². The molecule has 0 saturated carbocycles. The van der Waals surface area contributed by atoms with Crippen LogP contribution < -0.4 is 0 Å². The molecule has 0 saturated heterocycles. The Bertz CT molecular complexity index is 879. The van der Waals surface area contributed by atoms with Crippen LogP contribution in [0.5, 0.6) is 0 Å². The Morgan fingerprint density at radius 3 is 2.67 bits per heavy atom. The molecular weight excluding hydrogens is 320 g/mol. The fourth-order valence-electron chi connectivity index (χ4n) is 1.86. The van der Waals surface area contributed by atoms with Crippen molar-refractivity contribution in [3.63, 3.8) is 0 Å². The van der Waals surface area contributed by atoms with Crippen LogP contribution in [-0.4, -0.2) is 16.1 Å². The van der Waals surface area contributed by atoms with E-state index in [-0.39, 0.29) is 21.2 Å². The Morgan fingerprint density at radius 1 is 1.19 bits per heavy atom. The van der Waals surface area contributed by atoms with E-state index in [9.17, 15) is 13.6 Å². The zero-order chi connectivity index (χ0) is 15.1. The number of thiazole rings is 1. The summed E-state index contributed by atoms with van der Waals surface area (Å²) >= 11 is 6.60. The van der Waals surface area contributed by atoms with Gasteiger partial charge in [-0.15, -0.1) is 11.3 Å². The van der Waals surface area contributed by atoms with Crippen LogP contribution in [-0.2, 0) is 0 Å². The minimum atomic E-state index is -1.06. The summed E-state index contributed by atoms with van der Waals surface area (Å²) < 4.78 is 27.9. The molecular formula is C14H6ClF2NO2S. The van der Waals surface area contributed by atoms with Gasteiger partial charge in [0.1, 0.15) is 16.6 Å². The lowest BCUT2D eigenvalue weighted by atomic mass is 10.2. The van der Waals surface area contributed by atoms with Crippen molar-refractivity contribution in [1.29, 1.82) is 0 Å². The predicted octanol–water partition coefficient (Wildman–Crippen LogP) is 4.59. The van der Waals surface area contributed by atoms with E-state index < -0.39 is 17.6 Å². The molecule has 0 aliphatic rings. The van der Waals surface area contributed by atoms with E-state index in [4.69, 9.17) is 16.7 Å². The van der Waals surface area contributed by atoms with Crippen molar-refractivity contribution in [2.45, 2.75) is 0 Å². The number of fused-ring (bicyclic) bond motifs is 1. The highest BCUT2D eigenvalue weighted by molar-refractivity contribution is 7.21. The van der Waals surface area contributed by atoms with Crippen molar-refractivity contribution in [3.05, 3.63) is 52.6 Å². The molecule has 3 rings (SSSR count). The third-order valence-corrected chi connectivity index (χ3v) is 4.22. The largest absolute Gasteiger partial charge is 0.478 e. The molecule has 0 fully saturated rings. The molecule has 0 spiro atoms. The average Bonchev–Trinajstić information content (AvgIpc) is 2.85. The molecule has 2 aromatic carbocycles. The minimum Gasteiger partial charge on any atom is -0.478 e. The van der Waals surface area contributed by atoms with E-state index in [0.29, 0.717) is 10.2 Å². The number of hydrogen-bond acceptors (Lipinski definition) is 3. The van der Waals surface area contributed by atoms with Crippen LogP contribution in [0.3, 0.4) is 0 Å². The standard InChI is InChI=1S/C14H6ClF2NO2S/c15-8-5-9(16)7(4-10(8)17)13-18-11-2-1-6(14(19)20)3-12(11)21-13/h1-5H,(H,19,20). The first kappa shape index (κ1) is 13.9. The molecule has 21 heavy (non-hydrogen) atoms. The van der Waals surface area contributed by atoms with Gasteiger partial charge in [-0.1, -0.05) is 11.6 Å². The monoisotopic (exact) mass is 325 g/mol. The summed E-state index contributed by atoms with van der Waals surface area (Å²) in [6, 6.07) is 6.26. The van der Waals surface area contributed by atoms with Crippen molar-refractivity contribution in [3.8, 4) is 10.6 Å². The van der Waals surface area contributed by atoms with Crippen molar-refractivity contribution in [2.75, 3.05) is 0 Å². The fraction of sp³-hybridized carbons (Fsp3) is 0. The van der Waals surface area contributed by atoms with Gasteiger partial charge in [0.2, 0.25) is 0 Å². The second-order valence-electron chi connectivity index (χ2n) is 4.25. The number of rotatable bonds is 2. The Morgan fingerprint density at radius 2 is 1.95 bits per heavy atom. The third-order valence-electron chi connectivity index (χ3n) is 2.88. The molecule has 1 heterocycles. The lowest BCUT2D eigenvalue weighted by molar-refractivity contribution is 0.0697. The van der Waals surface area contributed by atoms with Gasteiger partial charge in [0.15, 0.2) is 0 Å². The molecule has 3 nitrogen and oxygen atoms in total. The quantitative estimate of drug-likeness (QED) is 0.701. The molecule has 1 aromatic heterocycles. The summed E-state index contributed by atoms with van der Waals surface area (Å²) in [5.41, 5.74) is 0.630. The van der Waals surface area contributed by atoms with Gasteiger partial charge in [0, 0.05) is 5.56 Å². The van der Waals surface area contributed by atoms with E-state index in [2.05, 4.69) is 4.98 Å². The van der Waals surface area contributed by atoms with Gasteiger partial charge in [-0.2, -0.15) is 0 Å². The maximum Gasteiger partial charge on any atom is 0.335 e. The average molecular weight is 326 g/mol. The summed E-state index contributed by atoms with van der Waals surface area (Å²) in [5, 5.41) is 8.90. The Kier molecular flexibility index (Phi) is 3.35. The zero-order valence-electron chi connectivity index (χ0n) is 10.2. The highest BCUT2D eigenvalue weighted by atomic mass is 35.5. The number of aromatic nitrogens is 1. The van der Waals surface area contributed by atoms with Crippen molar-refractivity contribution in [2.24, 2.45) is 0 Å². The topological polar surface area (TPSA) is 50.2 Å². The molecule has 0 radical (unpaired) electrons. The van der Waals surface area contributed by atoms with Crippen LogP contribution in [0.25, 0.3) is 20.8 Å². The van der Waals surface area contributed by atoms with Crippen LogP contribution in [0.15, 0.2) is 30.3 Å². The highest BCUT2D eigenvalue weighted by Crippen LogP contribution is 2.34. The fourth-order valence-corrected chi connectivity index (χ4v) is 3.03. The molecule has 7 heteroatoms. The first-order valence-electron chi connectivity index (χ1n) is 5.74. The Hall–Kier alpha value is -2.05. The molecule has 0 atom stereocenters. The number of benzene rings is 2. The molecule has 1 N–H and O–H groups in total. The van der Waals surface area contributed by atoms with Crippen LogP contribution in [0, 0.1) is 11.6 Å². The number of carbonyl (C=O) groups is 1. The SMILES string of the molecule is O=C(O)c1ccc2nc(-c3cc(F)c(Cl)cc3F)sc2c1. The Balaban J connectivity index is 2.17. The summed E-state index contributed by atoms with van der Waals surface area (Å²) in [5.74, 6) is -2.48. The summed E-state index contributed by atoms with van der Waals surface area (Å²) in [7, 11) is 0. The predicted molar refractivity (Wildman–Crippen MR) is 76.9 cm³/mol. The summed E-state index contributed by atoms with van der Waals surface area (Å²) in [6.07, 6.45) is 0. The first-order valence-corrected chi connectivity index (χ1v) is 6.94. The van der Waals surface area contributed by atoms with Crippen LogP contribution in [0.4, 0.5) is 8.78 Å². The van der Waals surface area contributed by atoms with Gasteiger partial charge in [0.05, 0.1) is 20.8 Å². The van der Waals surface area contributed by atoms with Gasteiger partial charge in [-0.05, 0) is 30.3 Å². The van der Waals surface area contributed by atoms with Crippen molar-refractivity contribution in [1.82, 2.24) is 4.98 Å². The molecule has 106 valence electrons. The van der Waals surface area contributed by atoms with Crippen LogP contribution in [0.1, 0.15) is 10.4 Å². The van der Waals surface area contributed by atoms with E-state index in [0.717, 1.165) is 23.5 Å². The van der Waals surface area contributed by atoms with Gasteiger partial charge >= 0.3 is 5.97 Å².